The van der Waals surface area contributed by atoms with E-state index in [4.69, 9.17) is 4.74 Å². The Kier molecular flexibility index (Phi) is 5.94. The molecule has 0 heterocycles. The number of ether oxygens (including phenoxy) is 1. The van der Waals surface area contributed by atoms with Crippen molar-refractivity contribution in [3.8, 4) is 0 Å². The standard InChI is InChI=1S/C17H14F2N2O5/c1-10(14-7-4-12(18)8-15(14)19)20-16(22)9-26-17(23)11-2-5-13(6-3-11)21(24)25/h2-8,10H,9H2,1H3,(H,20,22)/t10-/m0/s1. The Morgan fingerprint density at radius 3 is 2.42 bits per heavy atom. The van der Waals surface area contributed by atoms with Crippen LogP contribution in [0.15, 0.2) is 42.5 Å². The average Bonchev–Trinajstić information content (AvgIpc) is 2.59. The molecule has 1 amide bonds. The summed E-state index contributed by atoms with van der Waals surface area (Å²) in [7, 11) is 0. The van der Waals surface area contributed by atoms with Gasteiger partial charge in [0.25, 0.3) is 11.6 Å². The summed E-state index contributed by atoms with van der Waals surface area (Å²) in [6, 6.07) is 6.89. The second-order valence-electron chi connectivity index (χ2n) is 5.34. The Bertz CT molecular complexity index is 840. The minimum atomic E-state index is -0.837. The number of amides is 1. The van der Waals surface area contributed by atoms with Gasteiger partial charge in [0.2, 0.25) is 0 Å². The van der Waals surface area contributed by atoms with Crippen molar-refractivity contribution in [2.24, 2.45) is 0 Å². The number of benzene rings is 2. The van der Waals surface area contributed by atoms with Crippen LogP contribution in [0.1, 0.15) is 28.9 Å². The Morgan fingerprint density at radius 1 is 1.19 bits per heavy atom. The number of rotatable bonds is 6. The van der Waals surface area contributed by atoms with Crippen molar-refractivity contribution in [2.75, 3.05) is 6.61 Å². The summed E-state index contributed by atoms with van der Waals surface area (Å²) in [5, 5.41) is 13.0. The van der Waals surface area contributed by atoms with Crippen LogP contribution in [0.3, 0.4) is 0 Å². The molecule has 0 aliphatic carbocycles. The van der Waals surface area contributed by atoms with Gasteiger partial charge in [-0.2, -0.15) is 0 Å². The molecule has 9 heteroatoms. The van der Waals surface area contributed by atoms with Crippen molar-refractivity contribution in [2.45, 2.75) is 13.0 Å². The first-order valence-corrected chi connectivity index (χ1v) is 7.44. The van der Waals surface area contributed by atoms with E-state index in [0.717, 1.165) is 18.2 Å². The molecule has 2 aromatic carbocycles. The van der Waals surface area contributed by atoms with Crippen LogP contribution in [0.5, 0.6) is 0 Å². The highest BCUT2D eigenvalue weighted by Gasteiger charge is 2.16. The van der Waals surface area contributed by atoms with Gasteiger partial charge in [0.15, 0.2) is 6.61 Å². The third kappa shape index (κ3) is 4.82. The summed E-state index contributed by atoms with van der Waals surface area (Å²) in [6.07, 6.45) is 0. The van der Waals surface area contributed by atoms with Crippen molar-refractivity contribution in [3.05, 3.63) is 75.3 Å². The summed E-state index contributed by atoms with van der Waals surface area (Å²) in [4.78, 5) is 33.5. The quantitative estimate of drug-likeness (QED) is 0.483. The minimum absolute atomic E-state index is 0.0426. The van der Waals surface area contributed by atoms with Gasteiger partial charge in [0, 0.05) is 23.8 Å². The van der Waals surface area contributed by atoms with Gasteiger partial charge in [0.1, 0.15) is 11.6 Å². The Balaban J connectivity index is 1.89. The van der Waals surface area contributed by atoms with Crippen LogP contribution in [0.4, 0.5) is 14.5 Å². The number of non-ortho nitro benzene ring substituents is 1. The number of nitrogens with one attached hydrogen (secondary N) is 1. The maximum atomic E-state index is 13.7. The number of halogens is 2. The maximum Gasteiger partial charge on any atom is 0.338 e. The second-order valence-corrected chi connectivity index (χ2v) is 5.34. The van der Waals surface area contributed by atoms with Crippen molar-refractivity contribution < 1.29 is 28.0 Å². The SMILES string of the molecule is C[C@H](NC(=O)COC(=O)c1ccc([N+](=O)[O-])cc1)c1ccc(F)cc1F. The molecule has 1 atom stereocenters. The van der Waals surface area contributed by atoms with Gasteiger partial charge in [-0.15, -0.1) is 0 Å². The second kappa shape index (κ2) is 8.15. The normalized spacial score (nSPS) is 11.5. The Morgan fingerprint density at radius 2 is 1.85 bits per heavy atom. The number of nitrogens with zero attached hydrogens (tertiary/aromatic N) is 1. The van der Waals surface area contributed by atoms with Crippen molar-refractivity contribution in [1.29, 1.82) is 0 Å². The molecule has 0 fully saturated rings. The molecule has 0 saturated heterocycles. The summed E-state index contributed by atoms with van der Waals surface area (Å²) in [5.74, 6) is -3.06. The van der Waals surface area contributed by atoms with E-state index < -0.39 is 41.1 Å². The molecule has 136 valence electrons. The molecule has 26 heavy (non-hydrogen) atoms. The van der Waals surface area contributed by atoms with Crippen LogP contribution in [0, 0.1) is 21.7 Å². The first kappa shape index (κ1) is 19.0. The molecule has 7 nitrogen and oxygen atoms in total. The highest BCUT2D eigenvalue weighted by molar-refractivity contribution is 5.91. The number of nitro groups is 1. The van der Waals surface area contributed by atoms with Crippen LogP contribution < -0.4 is 5.32 Å². The van der Waals surface area contributed by atoms with E-state index in [-0.39, 0.29) is 16.8 Å². The number of hydrogen-bond acceptors (Lipinski definition) is 5. The summed E-state index contributed by atoms with van der Waals surface area (Å²) >= 11 is 0. The molecule has 0 aromatic heterocycles. The zero-order valence-corrected chi connectivity index (χ0v) is 13.6. The van der Waals surface area contributed by atoms with Crippen LogP contribution in [-0.4, -0.2) is 23.4 Å². The van der Waals surface area contributed by atoms with E-state index >= 15 is 0 Å². The summed E-state index contributed by atoms with van der Waals surface area (Å²) in [5.41, 5.74) is -0.0584. The van der Waals surface area contributed by atoms with Crippen molar-refractivity contribution >= 4 is 17.6 Å². The molecule has 2 aromatic rings. The molecule has 0 aliphatic rings. The molecule has 2 rings (SSSR count). The lowest BCUT2D eigenvalue weighted by Crippen LogP contribution is -2.31. The predicted octanol–water partition coefficient (Wildman–Crippen LogP) is 2.91. The zero-order valence-electron chi connectivity index (χ0n) is 13.6. The van der Waals surface area contributed by atoms with Crippen LogP contribution in [0.25, 0.3) is 0 Å². The van der Waals surface area contributed by atoms with E-state index in [1.807, 2.05) is 0 Å². The van der Waals surface area contributed by atoms with Gasteiger partial charge in [-0.25, -0.2) is 13.6 Å². The van der Waals surface area contributed by atoms with E-state index in [2.05, 4.69) is 5.32 Å². The molecule has 0 spiro atoms. The summed E-state index contributed by atoms with van der Waals surface area (Å²) in [6.45, 7) is 0.870. The fraction of sp³-hybridized carbons (Fsp3) is 0.176. The zero-order chi connectivity index (χ0) is 19.3. The maximum absolute atomic E-state index is 13.7. The molecule has 0 saturated carbocycles. The van der Waals surface area contributed by atoms with Gasteiger partial charge in [-0.05, 0) is 25.1 Å². The topological polar surface area (TPSA) is 98.5 Å². The highest BCUT2D eigenvalue weighted by atomic mass is 19.1. The largest absolute Gasteiger partial charge is 0.452 e. The van der Waals surface area contributed by atoms with Crippen molar-refractivity contribution in [1.82, 2.24) is 5.32 Å². The van der Waals surface area contributed by atoms with Gasteiger partial charge in [-0.1, -0.05) is 6.07 Å². The van der Waals surface area contributed by atoms with E-state index in [9.17, 15) is 28.5 Å². The van der Waals surface area contributed by atoms with E-state index in [1.165, 1.54) is 25.1 Å². The third-order valence-corrected chi connectivity index (χ3v) is 3.45. The lowest BCUT2D eigenvalue weighted by atomic mass is 10.1. The first-order chi connectivity index (χ1) is 12.3. The van der Waals surface area contributed by atoms with Gasteiger partial charge in [-0.3, -0.25) is 14.9 Å². The summed E-state index contributed by atoms with van der Waals surface area (Å²) < 4.78 is 31.3. The molecule has 1 N–H and O–H groups in total. The van der Waals surface area contributed by atoms with Crippen LogP contribution in [-0.2, 0) is 9.53 Å². The molecule has 0 radical (unpaired) electrons. The fourth-order valence-corrected chi connectivity index (χ4v) is 2.15. The number of carbonyl (C=O) groups is 2. The van der Waals surface area contributed by atoms with Crippen molar-refractivity contribution in [3.63, 3.8) is 0 Å². The molecule has 0 bridgehead atoms. The van der Waals surface area contributed by atoms with Crippen LogP contribution in [0.2, 0.25) is 0 Å². The minimum Gasteiger partial charge on any atom is -0.452 e. The molecular formula is C17H14F2N2O5. The third-order valence-electron chi connectivity index (χ3n) is 3.45. The van der Waals surface area contributed by atoms with Gasteiger partial charge < -0.3 is 10.1 Å². The van der Waals surface area contributed by atoms with Gasteiger partial charge in [0.05, 0.1) is 16.5 Å². The monoisotopic (exact) mass is 364 g/mol. The number of esters is 1. The molecule has 0 unspecified atom stereocenters. The lowest BCUT2D eigenvalue weighted by Gasteiger charge is -2.15. The number of carbonyl (C=O) groups excluding carboxylic acids is 2. The smallest absolute Gasteiger partial charge is 0.338 e. The van der Waals surface area contributed by atoms with Crippen LogP contribution >= 0.6 is 0 Å². The highest BCUT2D eigenvalue weighted by Crippen LogP contribution is 2.17. The Labute approximate surface area is 146 Å². The average molecular weight is 364 g/mol. The first-order valence-electron chi connectivity index (χ1n) is 7.44. The van der Waals surface area contributed by atoms with E-state index in [0.29, 0.717) is 6.07 Å². The predicted molar refractivity (Wildman–Crippen MR) is 86.3 cm³/mol. The lowest BCUT2D eigenvalue weighted by molar-refractivity contribution is -0.384. The number of hydrogen-bond donors (Lipinski definition) is 1. The van der Waals surface area contributed by atoms with E-state index in [1.54, 1.807) is 0 Å². The number of nitro benzene ring substituents is 1. The molecule has 0 aliphatic heterocycles. The van der Waals surface area contributed by atoms with Gasteiger partial charge >= 0.3 is 5.97 Å². The Hall–Kier alpha value is -3.36. The fourth-order valence-electron chi connectivity index (χ4n) is 2.15. The molecular weight excluding hydrogens is 350 g/mol.